The molecule has 0 unspecified atom stereocenters. The Bertz CT molecular complexity index is 731. The summed E-state index contributed by atoms with van der Waals surface area (Å²) in [6.45, 7) is 2.61. The van der Waals surface area contributed by atoms with Crippen LogP contribution >= 0.6 is 0 Å². The van der Waals surface area contributed by atoms with E-state index in [0.29, 0.717) is 6.61 Å². The molecule has 20 heavy (non-hydrogen) atoms. The number of H-pyrrole nitrogens is 1. The highest BCUT2D eigenvalue weighted by molar-refractivity contribution is 5.83. The summed E-state index contributed by atoms with van der Waals surface area (Å²) in [5.41, 5.74) is 3.53. The zero-order valence-corrected chi connectivity index (χ0v) is 11.6. The van der Waals surface area contributed by atoms with Crippen LogP contribution < -0.4 is 9.47 Å². The molecule has 1 heterocycles. The topological polar surface area (TPSA) is 34.2 Å². The van der Waals surface area contributed by atoms with E-state index in [-0.39, 0.29) is 0 Å². The SMILES string of the molecule is COc1ccccc1OCc1c[nH]c2ccc(C)cc12. The summed E-state index contributed by atoms with van der Waals surface area (Å²) < 4.78 is 11.2. The Labute approximate surface area is 118 Å². The van der Waals surface area contributed by atoms with E-state index in [1.807, 2.05) is 30.5 Å². The molecule has 0 spiro atoms. The number of hydrogen-bond acceptors (Lipinski definition) is 2. The first-order valence-electron chi connectivity index (χ1n) is 6.60. The number of rotatable bonds is 4. The number of aromatic nitrogens is 1. The molecular formula is C17H17NO2. The molecule has 0 aliphatic rings. The lowest BCUT2D eigenvalue weighted by atomic mass is 10.1. The average Bonchev–Trinajstić information content (AvgIpc) is 2.87. The molecule has 0 amide bonds. The number of hydrogen-bond donors (Lipinski definition) is 1. The predicted octanol–water partition coefficient (Wildman–Crippen LogP) is 4.06. The maximum atomic E-state index is 5.88. The van der Waals surface area contributed by atoms with Crippen molar-refractivity contribution in [3.8, 4) is 11.5 Å². The second kappa shape index (κ2) is 5.29. The first kappa shape index (κ1) is 12.6. The monoisotopic (exact) mass is 267 g/mol. The highest BCUT2D eigenvalue weighted by Crippen LogP contribution is 2.28. The summed E-state index contributed by atoms with van der Waals surface area (Å²) in [5.74, 6) is 1.51. The Morgan fingerprint density at radius 2 is 1.85 bits per heavy atom. The van der Waals surface area contributed by atoms with Crippen molar-refractivity contribution in [2.45, 2.75) is 13.5 Å². The fraction of sp³-hybridized carbons (Fsp3) is 0.176. The van der Waals surface area contributed by atoms with Crippen LogP contribution in [-0.2, 0) is 6.61 Å². The van der Waals surface area contributed by atoms with Crippen molar-refractivity contribution in [2.75, 3.05) is 7.11 Å². The number of ether oxygens (including phenoxy) is 2. The first-order valence-corrected chi connectivity index (χ1v) is 6.60. The third kappa shape index (κ3) is 2.35. The minimum Gasteiger partial charge on any atom is -0.493 e. The molecular weight excluding hydrogens is 250 g/mol. The third-order valence-corrected chi connectivity index (χ3v) is 3.38. The zero-order valence-electron chi connectivity index (χ0n) is 11.6. The molecule has 0 bridgehead atoms. The molecule has 1 N–H and O–H groups in total. The van der Waals surface area contributed by atoms with E-state index >= 15 is 0 Å². The van der Waals surface area contributed by atoms with Gasteiger partial charge in [-0.3, -0.25) is 0 Å². The van der Waals surface area contributed by atoms with Gasteiger partial charge in [-0.25, -0.2) is 0 Å². The van der Waals surface area contributed by atoms with Crippen LogP contribution in [0.1, 0.15) is 11.1 Å². The maximum absolute atomic E-state index is 5.88. The van der Waals surface area contributed by atoms with Gasteiger partial charge < -0.3 is 14.5 Å². The van der Waals surface area contributed by atoms with Crippen molar-refractivity contribution in [3.05, 3.63) is 59.8 Å². The van der Waals surface area contributed by atoms with E-state index in [0.717, 1.165) is 22.6 Å². The second-order valence-electron chi connectivity index (χ2n) is 4.80. The minimum absolute atomic E-state index is 0.518. The maximum Gasteiger partial charge on any atom is 0.161 e. The van der Waals surface area contributed by atoms with Crippen LogP contribution in [0, 0.1) is 6.92 Å². The number of para-hydroxylation sites is 2. The quantitative estimate of drug-likeness (QED) is 0.773. The van der Waals surface area contributed by atoms with Gasteiger partial charge in [0.05, 0.1) is 7.11 Å². The lowest BCUT2D eigenvalue weighted by Crippen LogP contribution is -1.96. The first-order chi connectivity index (χ1) is 9.78. The van der Waals surface area contributed by atoms with Crippen LogP contribution in [0.4, 0.5) is 0 Å². The van der Waals surface area contributed by atoms with Crippen LogP contribution in [0.2, 0.25) is 0 Å². The lowest BCUT2D eigenvalue weighted by molar-refractivity contribution is 0.285. The van der Waals surface area contributed by atoms with Crippen molar-refractivity contribution >= 4 is 10.9 Å². The van der Waals surface area contributed by atoms with Gasteiger partial charge in [-0.15, -0.1) is 0 Å². The third-order valence-electron chi connectivity index (χ3n) is 3.38. The van der Waals surface area contributed by atoms with Crippen molar-refractivity contribution in [2.24, 2.45) is 0 Å². The number of benzene rings is 2. The summed E-state index contributed by atoms with van der Waals surface area (Å²) in [7, 11) is 1.65. The number of methoxy groups -OCH3 is 1. The summed E-state index contributed by atoms with van der Waals surface area (Å²) in [4.78, 5) is 3.27. The van der Waals surface area contributed by atoms with Crippen LogP contribution in [0.25, 0.3) is 10.9 Å². The van der Waals surface area contributed by atoms with E-state index in [4.69, 9.17) is 9.47 Å². The van der Waals surface area contributed by atoms with Gasteiger partial charge in [0.25, 0.3) is 0 Å². The van der Waals surface area contributed by atoms with E-state index in [1.54, 1.807) is 7.11 Å². The molecule has 0 atom stereocenters. The standard InChI is InChI=1S/C17H17NO2/c1-12-7-8-15-14(9-12)13(10-18-15)11-20-17-6-4-3-5-16(17)19-2/h3-10,18H,11H2,1-2H3. The molecule has 0 saturated heterocycles. The number of aromatic amines is 1. The van der Waals surface area contributed by atoms with Crippen LogP contribution in [-0.4, -0.2) is 12.1 Å². The van der Waals surface area contributed by atoms with Crippen LogP contribution in [0.3, 0.4) is 0 Å². The van der Waals surface area contributed by atoms with Gasteiger partial charge in [0.2, 0.25) is 0 Å². The molecule has 102 valence electrons. The summed E-state index contributed by atoms with van der Waals surface area (Å²) >= 11 is 0. The van der Waals surface area contributed by atoms with Crippen molar-refractivity contribution in [3.63, 3.8) is 0 Å². The fourth-order valence-corrected chi connectivity index (χ4v) is 2.31. The summed E-state index contributed by atoms with van der Waals surface area (Å²) in [6.07, 6.45) is 2.00. The molecule has 0 fully saturated rings. The molecule has 1 aromatic heterocycles. The molecule has 2 aromatic carbocycles. The smallest absolute Gasteiger partial charge is 0.161 e. The van der Waals surface area contributed by atoms with Crippen molar-refractivity contribution in [1.82, 2.24) is 4.98 Å². The van der Waals surface area contributed by atoms with Crippen LogP contribution in [0.5, 0.6) is 11.5 Å². The number of nitrogens with one attached hydrogen (secondary N) is 1. The van der Waals surface area contributed by atoms with E-state index in [2.05, 4.69) is 30.1 Å². The molecule has 0 saturated carbocycles. The Morgan fingerprint density at radius 1 is 1.05 bits per heavy atom. The lowest BCUT2D eigenvalue weighted by Gasteiger charge is -2.09. The minimum atomic E-state index is 0.518. The Kier molecular flexibility index (Phi) is 3.33. The molecule has 0 aliphatic carbocycles. The number of aryl methyl sites for hydroxylation is 1. The average molecular weight is 267 g/mol. The van der Waals surface area contributed by atoms with Gasteiger partial charge in [-0.1, -0.05) is 23.8 Å². The summed E-state index contributed by atoms with van der Waals surface area (Å²) in [5, 5.41) is 1.21. The Morgan fingerprint density at radius 3 is 2.65 bits per heavy atom. The number of fused-ring (bicyclic) bond motifs is 1. The van der Waals surface area contributed by atoms with E-state index < -0.39 is 0 Å². The van der Waals surface area contributed by atoms with Crippen LogP contribution in [0.15, 0.2) is 48.7 Å². The summed E-state index contributed by atoms with van der Waals surface area (Å²) in [6, 6.07) is 14.1. The van der Waals surface area contributed by atoms with E-state index in [9.17, 15) is 0 Å². The van der Waals surface area contributed by atoms with Gasteiger partial charge in [0.1, 0.15) is 6.61 Å². The fourth-order valence-electron chi connectivity index (χ4n) is 2.31. The van der Waals surface area contributed by atoms with Crippen molar-refractivity contribution < 1.29 is 9.47 Å². The van der Waals surface area contributed by atoms with Gasteiger partial charge in [0.15, 0.2) is 11.5 Å². The van der Waals surface area contributed by atoms with E-state index in [1.165, 1.54) is 10.9 Å². The Balaban J connectivity index is 1.85. The largest absolute Gasteiger partial charge is 0.493 e. The molecule has 3 aromatic rings. The second-order valence-corrected chi connectivity index (χ2v) is 4.80. The molecule has 0 radical (unpaired) electrons. The van der Waals surface area contributed by atoms with Gasteiger partial charge in [0, 0.05) is 22.7 Å². The predicted molar refractivity (Wildman–Crippen MR) is 80.4 cm³/mol. The zero-order chi connectivity index (χ0) is 13.9. The normalized spacial score (nSPS) is 10.7. The Hall–Kier alpha value is -2.42. The highest BCUT2D eigenvalue weighted by atomic mass is 16.5. The van der Waals surface area contributed by atoms with Crippen molar-refractivity contribution in [1.29, 1.82) is 0 Å². The van der Waals surface area contributed by atoms with Gasteiger partial charge in [-0.2, -0.15) is 0 Å². The molecule has 0 aliphatic heterocycles. The molecule has 3 nitrogen and oxygen atoms in total. The highest BCUT2D eigenvalue weighted by Gasteiger charge is 2.07. The van der Waals surface area contributed by atoms with Gasteiger partial charge >= 0.3 is 0 Å². The van der Waals surface area contributed by atoms with Gasteiger partial charge in [-0.05, 0) is 31.2 Å². The molecule has 3 rings (SSSR count). The molecule has 3 heteroatoms.